The lowest BCUT2D eigenvalue weighted by molar-refractivity contribution is -0.136. The van der Waals surface area contributed by atoms with Crippen molar-refractivity contribution in [3.8, 4) is 0 Å². The number of sulfonamides is 1. The molecule has 19 heavy (non-hydrogen) atoms. The van der Waals surface area contributed by atoms with Crippen LogP contribution in [0.3, 0.4) is 0 Å². The fraction of sp³-hybridized carbons (Fsp3) is 0.417. The van der Waals surface area contributed by atoms with Gasteiger partial charge in [-0.2, -0.15) is 0 Å². The zero-order valence-electron chi connectivity index (χ0n) is 11.1. The largest absolute Gasteiger partial charge is 0.480 e. The average Bonchev–Trinajstić information content (AvgIpc) is 2.26. The van der Waals surface area contributed by atoms with Crippen LogP contribution >= 0.6 is 0 Å². The molecule has 1 rings (SSSR count). The van der Waals surface area contributed by atoms with Gasteiger partial charge in [0.2, 0.25) is 10.0 Å². The molecule has 1 aromatic carbocycles. The third-order valence-electron chi connectivity index (χ3n) is 2.50. The second-order valence-electron chi connectivity index (χ2n) is 4.57. The van der Waals surface area contributed by atoms with Gasteiger partial charge in [-0.15, -0.1) is 0 Å². The van der Waals surface area contributed by atoms with Crippen LogP contribution in [0, 0.1) is 0 Å². The maximum absolute atomic E-state index is 11.8. The Labute approximate surface area is 113 Å². The molecule has 2 N–H and O–H groups in total. The molecule has 0 bridgehead atoms. The molecule has 0 aliphatic heterocycles. The van der Waals surface area contributed by atoms with Crippen molar-refractivity contribution >= 4 is 21.7 Å². The third kappa shape index (κ3) is 4.53. The van der Waals surface area contributed by atoms with Crippen LogP contribution in [0.2, 0.25) is 0 Å². The molecule has 1 unspecified atom stereocenters. The Morgan fingerprint density at radius 3 is 2.58 bits per heavy atom. The Morgan fingerprint density at radius 1 is 1.42 bits per heavy atom. The highest BCUT2D eigenvalue weighted by Gasteiger charge is 2.27. The zero-order chi connectivity index (χ0) is 14.6. The number of hydrogen-bond acceptors (Lipinski definition) is 4. The van der Waals surface area contributed by atoms with E-state index in [1.165, 1.54) is 0 Å². The summed E-state index contributed by atoms with van der Waals surface area (Å²) >= 11 is 0. The van der Waals surface area contributed by atoms with Gasteiger partial charge in [0, 0.05) is 12.2 Å². The molecule has 0 radical (unpaired) electrons. The van der Waals surface area contributed by atoms with E-state index in [4.69, 9.17) is 5.11 Å². The van der Waals surface area contributed by atoms with Gasteiger partial charge < -0.3 is 10.0 Å². The highest BCUT2D eigenvalue weighted by molar-refractivity contribution is 7.94. The summed E-state index contributed by atoms with van der Waals surface area (Å²) in [4.78, 5) is 12.7. The number of rotatable bonds is 6. The third-order valence-corrected chi connectivity index (χ3v) is 4.15. The molecule has 0 aliphatic rings. The first-order valence-electron chi connectivity index (χ1n) is 5.70. The van der Waals surface area contributed by atoms with Gasteiger partial charge in [0.1, 0.15) is 0 Å². The Hall–Kier alpha value is -1.60. The first-order valence-corrected chi connectivity index (χ1v) is 7.25. The van der Waals surface area contributed by atoms with Gasteiger partial charge in [-0.3, -0.25) is 9.52 Å². The standard InChI is InChI=1S/C12H18N2O4S/c1-9(12(15)16)19(17,18)13-11-6-4-5-10(7-11)8-14(2)3/h4-7,9,13H,8H2,1-3H3,(H,15,16). The molecule has 0 saturated carbocycles. The second-order valence-corrected chi connectivity index (χ2v) is 6.57. The minimum Gasteiger partial charge on any atom is -0.480 e. The van der Waals surface area contributed by atoms with Crippen molar-refractivity contribution in [3.63, 3.8) is 0 Å². The fourth-order valence-electron chi connectivity index (χ4n) is 1.48. The number of carboxylic acids is 1. The van der Waals surface area contributed by atoms with Crippen LogP contribution in [0.25, 0.3) is 0 Å². The topological polar surface area (TPSA) is 86.7 Å². The Balaban J connectivity index is 2.91. The lowest BCUT2D eigenvalue weighted by atomic mass is 10.2. The van der Waals surface area contributed by atoms with Gasteiger partial charge in [-0.25, -0.2) is 8.42 Å². The highest BCUT2D eigenvalue weighted by atomic mass is 32.2. The van der Waals surface area contributed by atoms with E-state index in [1.807, 2.05) is 25.1 Å². The van der Waals surface area contributed by atoms with E-state index in [9.17, 15) is 13.2 Å². The monoisotopic (exact) mass is 286 g/mol. The highest BCUT2D eigenvalue weighted by Crippen LogP contribution is 2.15. The summed E-state index contributed by atoms with van der Waals surface area (Å²) in [5.41, 5.74) is 1.31. The lowest BCUT2D eigenvalue weighted by Gasteiger charge is -2.13. The molecular weight excluding hydrogens is 268 g/mol. The molecule has 0 aliphatic carbocycles. The Bertz CT molecular complexity index is 555. The molecule has 0 aromatic heterocycles. The van der Waals surface area contributed by atoms with Crippen LogP contribution in [0.1, 0.15) is 12.5 Å². The van der Waals surface area contributed by atoms with Crippen LogP contribution in [-0.2, 0) is 21.4 Å². The average molecular weight is 286 g/mol. The van der Waals surface area contributed by atoms with E-state index < -0.39 is 21.2 Å². The summed E-state index contributed by atoms with van der Waals surface area (Å²) in [6, 6.07) is 6.87. The van der Waals surface area contributed by atoms with Gasteiger partial charge in [0.15, 0.2) is 5.25 Å². The molecule has 7 heteroatoms. The number of carbonyl (C=O) groups is 1. The Kier molecular flexibility index (Phi) is 4.90. The summed E-state index contributed by atoms with van der Waals surface area (Å²) in [5, 5.41) is 7.25. The van der Waals surface area contributed by atoms with Crippen LogP contribution < -0.4 is 4.72 Å². The number of hydrogen-bond donors (Lipinski definition) is 2. The van der Waals surface area contributed by atoms with E-state index in [0.29, 0.717) is 12.2 Å². The maximum atomic E-state index is 11.8. The van der Waals surface area contributed by atoms with Gasteiger partial charge in [0.05, 0.1) is 0 Å². The van der Waals surface area contributed by atoms with Gasteiger partial charge in [-0.05, 0) is 38.7 Å². The maximum Gasteiger partial charge on any atom is 0.323 e. The number of nitrogens with one attached hydrogen (secondary N) is 1. The number of aliphatic carboxylic acids is 1. The molecule has 1 aromatic rings. The van der Waals surface area contributed by atoms with E-state index >= 15 is 0 Å². The minimum atomic E-state index is -3.92. The summed E-state index contributed by atoms with van der Waals surface area (Å²) in [6.07, 6.45) is 0. The minimum absolute atomic E-state index is 0.368. The van der Waals surface area contributed by atoms with Crippen molar-refractivity contribution in [3.05, 3.63) is 29.8 Å². The first kappa shape index (κ1) is 15.5. The van der Waals surface area contributed by atoms with E-state index in [1.54, 1.807) is 18.2 Å². The smallest absolute Gasteiger partial charge is 0.323 e. The quantitative estimate of drug-likeness (QED) is 0.813. The number of nitrogens with zero attached hydrogens (tertiary/aromatic N) is 1. The fourth-order valence-corrected chi connectivity index (χ4v) is 2.38. The predicted octanol–water partition coefficient (Wildman–Crippen LogP) is 0.963. The van der Waals surface area contributed by atoms with Crippen molar-refractivity contribution in [1.29, 1.82) is 0 Å². The van der Waals surface area contributed by atoms with Gasteiger partial charge in [-0.1, -0.05) is 12.1 Å². The van der Waals surface area contributed by atoms with Crippen molar-refractivity contribution in [2.24, 2.45) is 0 Å². The lowest BCUT2D eigenvalue weighted by Crippen LogP contribution is -2.32. The predicted molar refractivity (Wildman–Crippen MR) is 73.5 cm³/mol. The second kappa shape index (κ2) is 6.03. The molecule has 0 amide bonds. The summed E-state index contributed by atoms with van der Waals surface area (Å²) in [5.74, 6) is -1.38. The van der Waals surface area contributed by atoms with E-state index in [0.717, 1.165) is 12.5 Å². The molecule has 106 valence electrons. The first-order chi connectivity index (χ1) is 8.72. The van der Waals surface area contributed by atoms with Crippen molar-refractivity contribution in [2.45, 2.75) is 18.7 Å². The van der Waals surface area contributed by atoms with E-state index in [-0.39, 0.29) is 0 Å². The number of carboxylic acid groups (broad SMARTS) is 1. The molecule has 1 atom stereocenters. The van der Waals surface area contributed by atoms with Gasteiger partial charge >= 0.3 is 5.97 Å². The van der Waals surface area contributed by atoms with Crippen LogP contribution in [0.15, 0.2) is 24.3 Å². The molecule has 0 saturated heterocycles. The van der Waals surface area contributed by atoms with Crippen molar-refractivity contribution < 1.29 is 18.3 Å². The number of benzene rings is 1. The van der Waals surface area contributed by atoms with Crippen LogP contribution in [-0.4, -0.2) is 43.7 Å². The summed E-state index contributed by atoms with van der Waals surface area (Å²) < 4.78 is 25.8. The molecule has 6 nitrogen and oxygen atoms in total. The molecule has 0 spiro atoms. The molecular formula is C12H18N2O4S. The molecule has 0 heterocycles. The van der Waals surface area contributed by atoms with Crippen molar-refractivity contribution in [2.75, 3.05) is 18.8 Å². The van der Waals surface area contributed by atoms with Crippen molar-refractivity contribution in [1.82, 2.24) is 4.90 Å². The zero-order valence-corrected chi connectivity index (χ0v) is 11.9. The SMILES string of the molecule is CC(C(=O)O)S(=O)(=O)Nc1cccc(CN(C)C)c1. The number of anilines is 1. The summed E-state index contributed by atoms with van der Waals surface area (Å²) in [6.45, 7) is 1.80. The van der Waals surface area contributed by atoms with Crippen LogP contribution in [0.5, 0.6) is 0 Å². The normalized spacial score (nSPS) is 13.3. The molecule has 0 fully saturated rings. The van der Waals surface area contributed by atoms with E-state index in [2.05, 4.69) is 4.72 Å². The summed E-state index contributed by atoms with van der Waals surface area (Å²) in [7, 11) is -0.109. The van der Waals surface area contributed by atoms with Gasteiger partial charge in [0.25, 0.3) is 0 Å². The van der Waals surface area contributed by atoms with Crippen LogP contribution in [0.4, 0.5) is 5.69 Å². The Morgan fingerprint density at radius 2 is 2.05 bits per heavy atom.